The standard InChI is InChI=1S/2C19H34O2/c2*20-16-11-9-7-5-3-1-2-4-6-8-10-13-18-14-12-15-19(21)17-18/h2*17,20H,1-16H2. The Morgan fingerprint density at radius 2 is 0.643 bits per heavy atom. The molecule has 0 radical (unpaired) electrons. The van der Waals surface area contributed by atoms with Crippen LogP contribution in [0.25, 0.3) is 0 Å². The molecule has 2 aliphatic carbocycles. The van der Waals surface area contributed by atoms with Crippen molar-refractivity contribution in [2.24, 2.45) is 0 Å². The molecule has 0 amide bonds. The Bertz CT molecular complexity index is 648. The highest BCUT2D eigenvalue weighted by Crippen LogP contribution is 2.22. The summed E-state index contributed by atoms with van der Waals surface area (Å²) >= 11 is 0. The highest BCUT2D eigenvalue weighted by molar-refractivity contribution is 5.91. The van der Waals surface area contributed by atoms with E-state index in [0.29, 0.717) is 24.8 Å². The van der Waals surface area contributed by atoms with Crippen LogP contribution in [0.2, 0.25) is 0 Å². The van der Waals surface area contributed by atoms with Crippen LogP contribution in [0.4, 0.5) is 0 Å². The SMILES string of the molecule is O=C1C=C(CCCCCCCCCCCCCO)CCC1.O=C1C=C(CCCCCCCCCCCCCO)CCC1. The molecule has 0 spiro atoms. The second-order valence-corrected chi connectivity index (χ2v) is 13.0. The summed E-state index contributed by atoms with van der Waals surface area (Å²) < 4.78 is 0. The molecule has 0 aromatic rings. The largest absolute Gasteiger partial charge is 0.396 e. The van der Waals surface area contributed by atoms with E-state index in [9.17, 15) is 9.59 Å². The van der Waals surface area contributed by atoms with Crippen molar-refractivity contribution in [1.82, 2.24) is 0 Å². The van der Waals surface area contributed by atoms with Crippen LogP contribution in [0.5, 0.6) is 0 Å². The molecule has 4 heteroatoms. The van der Waals surface area contributed by atoms with Crippen LogP contribution < -0.4 is 0 Å². The van der Waals surface area contributed by atoms with Gasteiger partial charge in [-0.15, -0.1) is 0 Å². The van der Waals surface area contributed by atoms with Gasteiger partial charge in [-0.25, -0.2) is 0 Å². The van der Waals surface area contributed by atoms with Crippen LogP contribution in [0.1, 0.15) is 193 Å². The van der Waals surface area contributed by atoms with Gasteiger partial charge in [0.05, 0.1) is 0 Å². The molecule has 0 heterocycles. The van der Waals surface area contributed by atoms with E-state index in [0.717, 1.165) is 64.2 Å². The van der Waals surface area contributed by atoms with E-state index in [2.05, 4.69) is 0 Å². The van der Waals surface area contributed by atoms with Crippen LogP contribution in [0.3, 0.4) is 0 Å². The summed E-state index contributed by atoms with van der Waals surface area (Å²) in [7, 11) is 0. The van der Waals surface area contributed by atoms with Crippen LogP contribution in [-0.4, -0.2) is 35.0 Å². The number of allylic oxidation sites excluding steroid dienone is 4. The van der Waals surface area contributed by atoms with Gasteiger partial charge < -0.3 is 10.2 Å². The molecule has 0 saturated carbocycles. The molecule has 0 aliphatic heterocycles. The zero-order chi connectivity index (χ0) is 30.4. The molecule has 244 valence electrons. The maximum Gasteiger partial charge on any atom is 0.155 e. The lowest BCUT2D eigenvalue weighted by Gasteiger charge is -2.11. The quantitative estimate of drug-likeness (QED) is 0.0986. The van der Waals surface area contributed by atoms with Gasteiger partial charge in [0.25, 0.3) is 0 Å². The third-order valence-electron chi connectivity index (χ3n) is 8.88. The van der Waals surface area contributed by atoms with E-state index < -0.39 is 0 Å². The number of carbonyl (C=O) groups excluding carboxylic acids is 2. The third-order valence-corrected chi connectivity index (χ3v) is 8.88. The van der Waals surface area contributed by atoms with Gasteiger partial charge in [0.15, 0.2) is 11.6 Å². The van der Waals surface area contributed by atoms with Crippen molar-refractivity contribution in [3.05, 3.63) is 23.3 Å². The number of unbranched alkanes of at least 4 members (excludes halogenated alkanes) is 20. The fraction of sp³-hybridized carbons (Fsp3) is 0.842. The maximum absolute atomic E-state index is 11.3. The van der Waals surface area contributed by atoms with Gasteiger partial charge in [0.1, 0.15) is 0 Å². The van der Waals surface area contributed by atoms with E-state index in [-0.39, 0.29) is 0 Å². The van der Waals surface area contributed by atoms with E-state index >= 15 is 0 Å². The van der Waals surface area contributed by atoms with Crippen LogP contribution in [0.15, 0.2) is 23.3 Å². The van der Waals surface area contributed by atoms with Crippen molar-refractivity contribution in [3.63, 3.8) is 0 Å². The van der Waals surface area contributed by atoms with Crippen LogP contribution >= 0.6 is 0 Å². The molecule has 0 fully saturated rings. The lowest BCUT2D eigenvalue weighted by atomic mass is 9.94. The van der Waals surface area contributed by atoms with Gasteiger partial charge in [-0.2, -0.15) is 0 Å². The number of aliphatic hydroxyl groups excluding tert-OH is 2. The Morgan fingerprint density at radius 1 is 0.381 bits per heavy atom. The fourth-order valence-corrected chi connectivity index (χ4v) is 6.23. The summed E-state index contributed by atoms with van der Waals surface area (Å²) in [6.45, 7) is 0.704. The molecule has 2 rings (SSSR count). The second-order valence-electron chi connectivity index (χ2n) is 13.0. The first-order valence-electron chi connectivity index (χ1n) is 18.3. The summed E-state index contributed by atoms with van der Waals surface area (Å²) in [4.78, 5) is 22.6. The van der Waals surface area contributed by atoms with Gasteiger partial charge in [-0.05, 0) is 76.4 Å². The summed E-state index contributed by atoms with van der Waals surface area (Å²) in [6.07, 6.45) is 40.5. The Balaban J connectivity index is 0.000000420. The smallest absolute Gasteiger partial charge is 0.155 e. The highest BCUT2D eigenvalue weighted by Gasteiger charge is 2.10. The molecule has 0 unspecified atom stereocenters. The van der Waals surface area contributed by atoms with Crippen molar-refractivity contribution < 1.29 is 19.8 Å². The minimum absolute atomic E-state index is 0.343. The molecule has 0 saturated heterocycles. The monoisotopic (exact) mass is 589 g/mol. The number of carbonyl (C=O) groups is 2. The van der Waals surface area contributed by atoms with E-state index in [1.165, 1.54) is 140 Å². The van der Waals surface area contributed by atoms with Gasteiger partial charge in [0, 0.05) is 26.1 Å². The van der Waals surface area contributed by atoms with Gasteiger partial charge >= 0.3 is 0 Å². The topological polar surface area (TPSA) is 74.6 Å². The van der Waals surface area contributed by atoms with Crippen LogP contribution in [0, 0.1) is 0 Å². The lowest BCUT2D eigenvalue weighted by molar-refractivity contribution is -0.115. The zero-order valence-corrected chi connectivity index (χ0v) is 27.5. The van der Waals surface area contributed by atoms with Crippen molar-refractivity contribution in [1.29, 1.82) is 0 Å². The van der Waals surface area contributed by atoms with E-state index in [1.807, 2.05) is 12.2 Å². The number of rotatable bonds is 26. The lowest BCUT2D eigenvalue weighted by Crippen LogP contribution is -2.02. The van der Waals surface area contributed by atoms with Crippen molar-refractivity contribution in [2.45, 2.75) is 193 Å². The summed E-state index contributed by atoms with van der Waals surface area (Å²) in [5.74, 6) is 0.686. The molecule has 0 aromatic carbocycles. The van der Waals surface area contributed by atoms with E-state index in [1.54, 1.807) is 0 Å². The molecular formula is C38H68O4. The predicted octanol–water partition coefficient (Wildman–Crippen LogP) is 10.7. The molecule has 0 aromatic heterocycles. The average Bonchev–Trinajstić information content (AvgIpc) is 2.99. The Kier molecular flexibility index (Phi) is 27.5. The van der Waals surface area contributed by atoms with Crippen molar-refractivity contribution in [3.8, 4) is 0 Å². The Hall–Kier alpha value is -1.26. The highest BCUT2D eigenvalue weighted by atomic mass is 16.3. The van der Waals surface area contributed by atoms with Gasteiger partial charge in [-0.1, -0.05) is 127 Å². The van der Waals surface area contributed by atoms with Gasteiger partial charge in [0.2, 0.25) is 0 Å². The normalized spacial score (nSPS) is 15.3. The minimum Gasteiger partial charge on any atom is -0.396 e. The van der Waals surface area contributed by atoms with Crippen molar-refractivity contribution >= 4 is 11.6 Å². The molecule has 0 bridgehead atoms. The summed E-state index contributed by atoms with van der Waals surface area (Å²) in [5.41, 5.74) is 2.79. The second kappa shape index (κ2) is 29.8. The average molecular weight is 589 g/mol. The van der Waals surface area contributed by atoms with Gasteiger partial charge in [-0.3, -0.25) is 9.59 Å². The Labute approximate surface area is 260 Å². The molecule has 0 atom stereocenters. The van der Waals surface area contributed by atoms with Crippen LogP contribution in [-0.2, 0) is 9.59 Å². The first-order valence-corrected chi connectivity index (χ1v) is 18.3. The number of hydrogen-bond donors (Lipinski definition) is 2. The molecule has 2 N–H and O–H groups in total. The molecule has 42 heavy (non-hydrogen) atoms. The third kappa shape index (κ3) is 25.3. The number of aliphatic hydroxyl groups is 2. The number of ketones is 2. The first-order chi connectivity index (χ1) is 20.7. The first kappa shape index (κ1) is 38.8. The minimum atomic E-state index is 0.343. The van der Waals surface area contributed by atoms with Crippen molar-refractivity contribution in [2.75, 3.05) is 13.2 Å². The molecule has 2 aliphatic rings. The molecular weight excluding hydrogens is 520 g/mol. The Morgan fingerprint density at radius 3 is 0.905 bits per heavy atom. The zero-order valence-electron chi connectivity index (χ0n) is 27.5. The van der Waals surface area contributed by atoms with E-state index in [4.69, 9.17) is 10.2 Å². The fourth-order valence-electron chi connectivity index (χ4n) is 6.23. The summed E-state index contributed by atoms with van der Waals surface area (Å²) in [5, 5.41) is 17.4. The number of hydrogen-bond acceptors (Lipinski definition) is 4. The predicted molar refractivity (Wildman–Crippen MR) is 179 cm³/mol. The molecule has 4 nitrogen and oxygen atoms in total. The summed E-state index contributed by atoms with van der Waals surface area (Å²) in [6, 6.07) is 0. The maximum atomic E-state index is 11.3.